The molecule has 0 spiro atoms. The van der Waals surface area contributed by atoms with Crippen LogP contribution in [0, 0.1) is 5.21 Å². The van der Waals surface area contributed by atoms with Gasteiger partial charge in [0.05, 0.1) is 6.61 Å². The van der Waals surface area contributed by atoms with Crippen LogP contribution in [0.15, 0.2) is 12.7 Å². The first kappa shape index (κ1) is 7.62. The molecule has 0 atom stereocenters. The van der Waals surface area contributed by atoms with E-state index < -0.39 is 0 Å². The molecular formula is C5H10NO2-. The van der Waals surface area contributed by atoms with E-state index in [0.717, 1.165) is 0 Å². The predicted octanol–water partition coefficient (Wildman–Crippen LogP) is 0.924. The Hall–Kier alpha value is -0.380. The smallest absolute Gasteiger partial charge is 0.0645 e. The molecule has 3 nitrogen and oxygen atoms in total. The van der Waals surface area contributed by atoms with Gasteiger partial charge in [-0.05, 0) is 6.92 Å². The molecule has 0 saturated carbocycles. The van der Waals surface area contributed by atoms with Gasteiger partial charge in [-0.25, -0.2) is 0 Å². The zero-order chi connectivity index (χ0) is 6.41. The minimum Gasteiger partial charge on any atom is -0.762 e. The summed E-state index contributed by atoms with van der Waals surface area (Å²) in [4.78, 5) is 4.49. The number of nitrogens with zero attached hydrogens (tertiary/aromatic N) is 1. The van der Waals surface area contributed by atoms with Gasteiger partial charge in [0.2, 0.25) is 0 Å². The van der Waals surface area contributed by atoms with Gasteiger partial charge < -0.3 is 10.0 Å². The van der Waals surface area contributed by atoms with Crippen LogP contribution in [-0.4, -0.2) is 18.4 Å². The van der Waals surface area contributed by atoms with Crippen molar-refractivity contribution in [2.75, 3.05) is 13.2 Å². The summed E-state index contributed by atoms with van der Waals surface area (Å²) < 4.78 is 0. The molecule has 0 heterocycles. The van der Waals surface area contributed by atoms with E-state index in [2.05, 4.69) is 11.4 Å². The summed E-state index contributed by atoms with van der Waals surface area (Å²) in [5, 5.41) is 10.8. The molecule has 0 rings (SSSR count). The Morgan fingerprint density at radius 2 is 2.50 bits per heavy atom. The first-order chi connectivity index (χ1) is 3.81. The lowest BCUT2D eigenvalue weighted by molar-refractivity contribution is -0.106. The van der Waals surface area contributed by atoms with Gasteiger partial charge in [0.1, 0.15) is 0 Å². The SMILES string of the molecule is C=CCN([O-])OCC. The fraction of sp³-hybridized carbons (Fsp3) is 0.600. The van der Waals surface area contributed by atoms with Crippen LogP contribution in [-0.2, 0) is 4.84 Å². The number of hydrogen-bond donors (Lipinski definition) is 0. The highest BCUT2D eigenvalue weighted by molar-refractivity contribution is 4.68. The van der Waals surface area contributed by atoms with Gasteiger partial charge in [-0.1, -0.05) is 6.08 Å². The average Bonchev–Trinajstić information content (AvgIpc) is 1.68. The van der Waals surface area contributed by atoms with Crippen LogP contribution in [0.5, 0.6) is 0 Å². The predicted molar refractivity (Wildman–Crippen MR) is 31.9 cm³/mol. The zero-order valence-corrected chi connectivity index (χ0v) is 4.96. The third-order valence-electron chi connectivity index (χ3n) is 0.551. The molecule has 8 heavy (non-hydrogen) atoms. The maximum Gasteiger partial charge on any atom is 0.0645 e. The van der Waals surface area contributed by atoms with E-state index in [1.165, 1.54) is 6.08 Å². The molecule has 0 fully saturated rings. The summed E-state index contributed by atoms with van der Waals surface area (Å²) in [6.45, 7) is 5.76. The van der Waals surface area contributed by atoms with Crippen molar-refractivity contribution in [3.05, 3.63) is 17.9 Å². The lowest BCUT2D eigenvalue weighted by atomic mass is 10.7. The van der Waals surface area contributed by atoms with Gasteiger partial charge in [-0.3, -0.25) is 5.23 Å². The molecule has 0 radical (unpaired) electrons. The molecule has 0 saturated heterocycles. The topological polar surface area (TPSA) is 35.5 Å². The largest absolute Gasteiger partial charge is 0.762 e. The van der Waals surface area contributed by atoms with Crippen molar-refractivity contribution in [1.29, 1.82) is 0 Å². The molecule has 0 aromatic heterocycles. The Bertz CT molecular complexity index is 65.4. The fourth-order valence-corrected chi connectivity index (χ4v) is 0.302. The van der Waals surface area contributed by atoms with E-state index in [0.29, 0.717) is 11.8 Å². The number of rotatable bonds is 4. The molecule has 0 aromatic rings. The minimum absolute atomic E-state index is 0.230. The lowest BCUT2D eigenvalue weighted by Gasteiger charge is -2.23. The minimum atomic E-state index is 0.230. The second kappa shape index (κ2) is 4.77. The summed E-state index contributed by atoms with van der Waals surface area (Å²) in [5.41, 5.74) is 0. The first-order valence-corrected chi connectivity index (χ1v) is 2.49. The lowest BCUT2D eigenvalue weighted by Crippen LogP contribution is -2.15. The Balaban J connectivity index is 3.03. The van der Waals surface area contributed by atoms with E-state index in [1.807, 2.05) is 0 Å². The molecule has 0 aliphatic carbocycles. The molecule has 0 aromatic carbocycles. The van der Waals surface area contributed by atoms with Gasteiger partial charge in [-0.2, -0.15) is 0 Å². The monoisotopic (exact) mass is 116 g/mol. The average molecular weight is 116 g/mol. The van der Waals surface area contributed by atoms with Crippen molar-refractivity contribution >= 4 is 0 Å². The van der Waals surface area contributed by atoms with Crippen molar-refractivity contribution in [3.8, 4) is 0 Å². The highest BCUT2D eigenvalue weighted by atomic mass is 16.9. The van der Waals surface area contributed by atoms with Gasteiger partial charge in [-0.15, -0.1) is 6.58 Å². The quantitative estimate of drug-likeness (QED) is 0.404. The van der Waals surface area contributed by atoms with Crippen molar-refractivity contribution in [3.63, 3.8) is 0 Å². The summed E-state index contributed by atoms with van der Waals surface area (Å²) in [6.07, 6.45) is 1.49. The van der Waals surface area contributed by atoms with Crippen LogP contribution in [0.1, 0.15) is 6.92 Å². The van der Waals surface area contributed by atoms with E-state index >= 15 is 0 Å². The van der Waals surface area contributed by atoms with Crippen LogP contribution in [0.3, 0.4) is 0 Å². The van der Waals surface area contributed by atoms with E-state index in [4.69, 9.17) is 0 Å². The third-order valence-corrected chi connectivity index (χ3v) is 0.551. The molecule has 0 N–H and O–H groups in total. The van der Waals surface area contributed by atoms with Crippen LogP contribution in [0.2, 0.25) is 0 Å². The normalized spacial score (nSPS) is 9.88. The molecule has 0 amide bonds. The van der Waals surface area contributed by atoms with Crippen molar-refractivity contribution in [1.82, 2.24) is 5.23 Å². The van der Waals surface area contributed by atoms with Crippen molar-refractivity contribution in [2.24, 2.45) is 0 Å². The highest BCUT2D eigenvalue weighted by Crippen LogP contribution is 1.84. The van der Waals surface area contributed by atoms with Gasteiger partial charge in [0, 0.05) is 6.54 Å². The van der Waals surface area contributed by atoms with Crippen LogP contribution in [0.25, 0.3) is 0 Å². The first-order valence-electron chi connectivity index (χ1n) is 2.49. The Labute approximate surface area is 49.1 Å². The van der Waals surface area contributed by atoms with Crippen LogP contribution < -0.4 is 0 Å². The van der Waals surface area contributed by atoms with Crippen LogP contribution >= 0.6 is 0 Å². The summed E-state index contributed by atoms with van der Waals surface area (Å²) in [5.74, 6) is 0. The zero-order valence-electron chi connectivity index (χ0n) is 4.96. The maximum absolute atomic E-state index is 10.3. The summed E-state index contributed by atoms with van der Waals surface area (Å²) in [7, 11) is 0. The van der Waals surface area contributed by atoms with Gasteiger partial charge in [0.25, 0.3) is 0 Å². The summed E-state index contributed by atoms with van der Waals surface area (Å²) in [6, 6.07) is 0. The highest BCUT2D eigenvalue weighted by Gasteiger charge is 1.80. The Morgan fingerprint density at radius 3 is 2.88 bits per heavy atom. The molecule has 0 aliphatic heterocycles. The van der Waals surface area contributed by atoms with Gasteiger partial charge >= 0.3 is 0 Å². The summed E-state index contributed by atoms with van der Waals surface area (Å²) >= 11 is 0. The Morgan fingerprint density at radius 1 is 1.88 bits per heavy atom. The maximum atomic E-state index is 10.3. The fourth-order valence-electron chi connectivity index (χ4n) is 0.302. The van der Waals surface area contributed by atoms with Crippen molar-refractivity contribution < 1.29 is 4.84 Å². The number of hydrogen-bond acceptors (Lipinski definition) is 3. The second-order valence-electron chi connectivity index (χ2n) is 1.22. The third kappa shape index (κ3) is 3.80. The van der Waals surface area contributed by atoms with E-state index in [1.54, 1.807) is 6.92 Å². The molecule has 48 valence electrons. The van der Waals surface area contributed by atoms with Crippen molar-refractivity contribution in [2.45, 2.75) is 6.92 Å². The molecule has 0 aliphatic rings. The van der Waals surface area contributed by atoms with E-state index in [9.17, 15) is 5.21 Å². The van der Waals surface area contributed by atoms with Gasteiger partial charge in [0.15, 0.2) is 0 Å². The Kier molecular flexibility index (Phi) is 4.54. The molecule has 0 bridgehead atoms. The van der Waals surface area contributed by atoms with Crippen LogP contribution in [0.4, 0.5) is 0 Å². The molecule has 0 unspecified atom stereocenters. The van der Waals surface area contributed by atoms with E-state index in [-0.39, 0.29) is 6.54 Å². The molecular weight excluding hydrogens is 106 g/mol. The molecule has 3 heteroatoms. The standard InChI is InChI=1S/C5H10NO2/c1-3-5-6(7)8-4-2/h3H,1,4-5H2,2H3/q-1. The second-order valence-corrected chi connectivity index (χ2v) is 1.22. The number of hydroxylamine groups is 2.